The lowest BCUT2D eigenvalue weighted by Gasteiger charge is -2.44. The monoisotopic (exact) mass is 332 g/mol. The first-order valence-electron chi connectivity index (χ1n) is 6.42. The third kappa shape index (κ3) is 2.48. The molecule has 10 heteroatoms. The molecule has 1 saturated heterocycles. The minimum absolute atomic E-state index is 0.0560. The summed E-state index contributed by atoms with van der Waals surface area (Å²) < 4.78 is 16.5. The largest absolute Gasteiger partial charge is 0.477 e. The van der Waals surface area contributed by atoms with Crippen LogP contribution in [0.4, 0.5) is 4.79 Å². The molecule has 1 fully saturated rings. The minimum atomic E-state index is -1.73. The van der Waals surface area contributed by atoms with Gasteiger partial charge in [-0.1, -0.05) is 0 Å². The van der Waals surface area contributed by atoms with Crippen LogP contribution in [0.3, 0.4) is 0 Å². The van der Waals surface area contributed by atoms with Crippen molar-refractivity contribution in [3.63, 3.8) is 0 Å². The third-order valence-corrected chi connectivity index (χ3v) is 4.76. The van der Waals surface area contributed by atoms with Crippen LogP contribution in [-0.4, -0.2) is 61.1 Å². The van der Waals surface area contributed by atoms with E-state index < -0.39 is 52.3 Å². The summed E-state index contributed by atoms with van der Waals surface area (Å²) in [5.74, 6) is -2.64. The quantitative estimate of drug-likeness (QED) is 0.532. The van der Waals surface area contributed by atoms with E-state index in [4.69, 9.17) is 10.5 Å². The number of primary amides is 1. The molecule has 22 heavy (non-hydrogen) atoms. The molecule has 0 spiro atoms. The fourth-order valence-corrected chi connectivity index (χ4v) is 3.80. The minimum Gasteiger partial charge on any atom is -0.477 e. The zero-order chi connectivity index (χ0) is 16.8. The van der Waals surface area contributed by atoms with Crippen molar-refractivity contribution in [1.82, 2.24) is 4.90 Å². The van der Waals surface area contributed by atoms with Crippen LogP contribution in [0.15, 0.2) is 11.3 Å². The second kappa shape index (κ2) is 5.69. The van der Waals surface area contributed by atoms with Gasteiger partial charge in [0.05, 0.1) is 28.9 Å². The first-order chi connectivity index (χ1) is 10.2. The molecule has 2 rings (SSSR count). The van der Waals surface area contributed by atoms with E-state index in [0.29, 0.717) is 0 Å². The smallest absolute Gasteiger partial charge is 0.406 e. The molecule has 5 atom stereocenters. The number of carboxylic acids is 1. The molecule has 122 valence electrons. The second-order valence-corrected chi connectivity index (χ2v) is 6.62. The number of nitrogens with two attached hydrogens (primary N) is 1. The number of aliphatic hydroxyl groups excluding tert-OH is 1. The van der Waals surface area contributed by atoms with Crippen LogP contribution < -0.4 is 5.73 Å². The molecule has 2 heterocycles. The van der Waals surface area contributed by atoms with Crippen molar-refractivity contribution in [3.8, 4) is 0 Å². The molecule has 0 aromatic heterocycles. The van der Waals surface area contributed by atoms with Crippen molar-refractivity contribution in [3.05, 3.63) is 11.3 Å². The summed E-state index contributed by atoms with van der Waals surface area (Å²) >= 11 is 0. The number of rotatable bonds is 5. The standard InChI is InChI=1S/C12H16N2O7S/c1-4(15)7-6-3-5(11(22(2)20)21-12(13)19)8(10(17)18)14(6)9(7)16/h4,6-7,11,15H,3H2,1-2H3,(H2,13,19)(H,17,18). The molecule has 9 nitrogen and oxygen atoms in total. The van der Waals surface area contributed by atoms with Gasteiger partial charge in [0, 0.05) is 11.8 Å². The van der Waals surface area contributed by atoms with Crippen molar-refractivity contribution in [2.45, 2.75) is 30.9 Å². The van der Waals surface area contributed by atoms with E-state index in [-0.39, 0.29) is 17.7 Å². The molecule has 5 unspecified atom stereocenters. The van der Waals surface area contributed by atoms with Crippen LogP contribution in [0.1, 0.15) is 13.3 Å². The molecule has 2 amide bonds. The van der Waals surface area contributed by atoms with Gasteiger partial charge in [0.1, 0.15) is 5.70 Å². The van der Waals surface area contributed by atoms with E-state index in [1.54, 1.807) is 0 Å². The molecular formula is C12H16N2O7S. The van der Waals surface area contributed by atoms with E-state index >= 15 is 0 Å². The van der Waals surface area contributed by atoms with Crippen LogP contribution in [0.25, 0.3) is 0 Å². The SMILES string of the molecule is CC(O)C1C(=O)N2C(C(=O)O)=C(C(OC(N)=O)S(C)=O)CC12. The summed E-state index contributed by atoms with van der Waals surface area (Å²) in [5, 5.41) is 18.9. The molecule has 0 aliphatic carbocycles. The lowest BCUT2D eigenvalue weighted by molar-refractivity contribution is -0.161. The number of amides is 2. The Labute approximate surface area is 128 Å². The van der Waals surface area contributed by atoms with Gasteiger partial charge in [0.15, 0.2) is 0 Å². The number of β-lactam (4-membered cyclic amide) rings is 1. The highest BCUT2D eigenvalue weighted by Crippen LogP contribution is 2.45. The Morgan fingerprint density at radius 1 is 1.50 bits per heavy atom. The second-order valence-electron chi connectivity index (χ2n) is 5.19. The van der Waals surface area contributed by atoms with E-state index in [2.05, 4.69) is 0 Å². The highest BCUT2D eigenvalue weighted by molar-refractivity contribution is 7.85. The average molecular weight is 332 g/mol. The Hall–Kier alpha value is -1.94. The van der Waals surface area contributed by atoms with Crippen molar-refractivity contribution in [2.75, 3.05) is 6.26 Å². The van der Waals surface area contributed by atoms with Gasteiger partial charge in [-0.3, -0.25) is 9.00 Å². The van der Waals surface area contributed by atoms with Crippen molar-refractivity contribution >= 4 is 28.8 Å². The first-order valence-corrected chi connectivity index (χ1v) is 8.04. The number of aliphatic hydroxyl groups is 1. The Bertz CT molecular complexity index is 600. The summed E-state index contributed by atoms with van der Waals surface area (Å²) in [7, 11) is -1.73. The van der Waals surface area contributed by atoms with Crippen LogP contribution in [-0.2, 0) is 25.1 Å². The molecule has 0 saturated carbocycles. The maximum Gasteiger partial charge on any atom is 0.406 e. The average Bonchev–Trinajstić information content (AvgIpc) is 2.69. The van der Waals surface area contributed by atoms with Gasteiger partial charge >= 0.3 is 12.1 Å². The molecule has 2 aliphatic rings. The summed E-state index contributed by atoms with van der Waals surface area (Å²) in [6.45, 7) is 1.44. The van der Waals surface area contributed by atoms with Crippen LogP contribution in [0, 0.1) is 5.92 Å². The van der Waals surface area contributed by atoms with Gasteiger partial charge in [0.2, 0.25) is 11.3 Å². The van der Waals surface area contributed by atoms with Crippen molar-refractivity contribution in [1.29, 1.82) is 0 Å². The number of ether oxygens (including phenoxy) is 1. The topological polar surface area (TPSA) is 147 Å². The van der Waals surface area contributed by atoms with Crippen LogP contribution in [0.2, 0.25) is 0 Å². The molecular weight excluding hydrogens is 316 g/mol. The predicted molar refractivity (Wildman–Crippen MR) is 73.6 cm³/mol. The lowest BCUT2D eigenvalue weighted by Crippen LogP contribution is -2.61. The first kappa shape index (κ1) is 16.4. The normalized spacial score (nSPS) is 27.8. The van der Waals surface area contributed by atoms with E-state index in [1.165, 1.54) is 13.2 Å². The molecule has 0 aromatic carbocycles. The lowest BCUT2D eigenvalue weighted by atomic mass is 9.83. The fourth-order valence-electron chi connectivity index (χ4n) is 2.96. The zero-order valence-electron chi connectivity index (χ0n) is 11.9. The predicted octanol–water partition coefficient (Wildman–Crippen LogP) is -1.26. The highest BCUT2D eigenvalue weighted by atomic mass is 32.2. The van der Waals surface area contributed by atoms with Gasteiger partial charge in [-0.15, -0.1) is 0 Å². The summed E-state index contributed by atoms with van der Waals surface area (Å²) in [4.78, 5) is 35.5. The Balaban J connectivity index is 2.41. The molecule has 0 bridgehead atoms. The maximum atomic E-state index is 12.0. The van der Waals surface area contributed by atoms with Crippen molar-refractivity contribution < 1.29 is 33.5 Å². The molecule has 4 N–H and O–H groups in total. The third-order valence-electron chi connectivity index (χ3n) is 3.77. The number of carboxylic acid groups (broad SMARTS) is 1. The van der Waals surface area contributed by atoms with Gasteiger partial charge < -0.3 is 25.6 Å². The number of carbonyl (C=O) groups is 3. The van der Waals surface area contributed by atoms with Crippen molar-refractivity contribution in [2.24, 2.45) is 11.7 Å². The van der Waals surface area contributed by atoms with Gasteiger partial charge in [-0.25, -0.2) is 9.59 Å². The number of aliphatic carboxylic acids is 1. The number of nitrogens with zero attached hydrogens (tertiary/aromatic N) is 1. The summed E-state index contributed by atoms with van der Waals surface area (Å²) in [6.07, 6.45) is -0.833. The van der Waals surface area contributed by atoms with E-state index in [1.807, 2.05) is 0 Å². The Morgan fingerprint density at radius 2 is 2.09 bits per heavy atom. The maximum absolute atomic E-state index is 12.0. The van der Waals surface area contributed by atoms with Crippen LogP contribution >= 0.6 is 0 Å². The van der Waals surface area contributed by atoms with Gasteiger partial charge in [-0.2, -0.15) is 0 Å². The molecule has 0 aromatic rings. The number of carbonyl (C=O) groups excluding carboxylic acids is 2. The van der Waals surface area contributed by atoms with E-state index in [9.17, 15) is 28.8 Å². The number of hydrogen-bond acceptors (Lipinski definition) is 6. The summed E-state index contributed by atoms with van der Waals surface area (Å²) in [6, 6.07) is -0.545. The Morgan fingerprint density at radius 3 is 2.50 bits per heavy atom. The molecule has 2 aliphatic heterocycles. The Kier molecular flexibility index (Phi) is 4.25. The zero-order valence-corrected chi connectivity index (χ0v) is 12.7. The number of hydrogen-bond donors (Lipinski definition) is 3. The summed E-state index contributed by atoms with van der Waals surface area (Å²) in [5.41, 5.74) is 3.30. The fraction of sp³-hybridized carbons (Fsp3) is 0.583. The highest BCUT2D eigenvalue weighted by Gasteiger charge is 2.58. The van der Waals surface area contributed by atoms with Gasteiger partial charge in [0.25, 0.3) is 0 Å². The van der Waals surface area contributed by atoms with E-state index in [0.717, 1.165) is 4.90 Å². The molecule has 0 radical (unpaired) electrons. The number of fused-ring (bicyclic) bond motifs is 1. The van der Waals surface area contributed by atoms with Crippen LogP contribution in [0.5, 0.6) is 0 Å². The van der Waals surface area contributed by atoms with Gasteiger partial charge in [-0.05, 0) is 13.3 Å².